The van der Waals surface area contributed by atoms with Crippen LogP contribution in [0, 0.1) is 24.4 Å². The number of amides is 1. The zero-order chi connectivity index (χ0) is 23.3. The maximum atomic E-state index is 14.0. The van der Waals surface area contributed by atoms with E-state index < -0.39 is 32.4 Å². The number of sulfonamides is 1. The van der Waals surface area contributed by atoms with E-state index in [1.54, 1.807) is 4.90 Å². The lowest BCUT2D eigenvalue weighted by Crippen LogP contribution is -2.50. The van der Waals surface area contributed by atoms with Gasteiger partial charge in [-0.1, -0.05) is 12.1 Å². The summed E-state index contributed by atoms with van der Waals surface area (Å²) in [4.78, 5) is 13.0. The number of piperazine rings is 1. The molecule has 1 fully saturated rings. The maximum Gasteiger partial charge on any atom is 0.246 e. The average Bonchev–Trinajstić information content (AvgIpc) is 2.77. The lowest BCUT2D eigenvalue weighted by atomic mass is 10.2. The molecule has 3 rings (SSSR count). The number of hydrogen-bond acceptors (Lipinski definition) is 4. The summed E-state index contributed by atoms with van der Waals surface area (Å²) < 4.78 is 72.4. The number of halogens is 3. The number of carbonyl (C=O) groups is 1. The fourth-order valence-electron chi connectivity index (χ4n) is 3.46. The molecule has 2 aromatic rings. The zero-order valence-corrected chi connectivity index (χ0v) is 18.5. The highest BCUT2D eigenvalue weighted by Crippen LogP contribution is 2.24. The van der Waals surface area contributed by atoms with Gasteiger partial charge in [0.05, 0.1) is 6.61 Å². The van der Waals surface area contributed by atoms with Gasteiger partial charge in [0.15, 0.2) is 17.5 Å². The summed E-state index contributed by atoms with van der Waals surface area (Å²) in [5.41, 5.74) is 1.10. The molecule has 1 aliphatic heterocycles. The SMILES string of the molecule is Cc1cccc(OCCCCC(=O)N2CCN(S(=O)(=O)c3ccc(F)c(F)c3F)CC2)c1. The molecule has 2 aromatic carbocycles. The van der Waals surface area contributed by atoms with E-state index >= 15 is 0 Å². The van der Waals surface area contributed by atoms with Gasteiger partial charge >= 0.3 is 0 Å². The van der Waals surface area contributed by atoms with Crippen LogP contribution in [0.3, 0.4) is 0 Å². The van der Waals surface area contributed by atoms with Gasteiger partial charge in [-0.2, -0.15) is 4.31 Å². The normalized spacial score (nSPS) is 15.1. The zero-order valence-electron chi connectivity index (χ0n) is 17.7. The van der Waals surface area contributed by atoms with Crippen LogP contribution in [-0.2, 0) is 14.8 Å². The van der Waals surface area contributed by atoms with Gasteiger partial charge in [-0.25, -0.2) is 21.6 Å². The minimum atomic E-state index is -4.34. The third-order valence-electron chi connectivity index (χ3n) is 5.25. The summed E-state index contributed by atoms with van der Waals surface area (Å²) >= 11 is 0. The second-order valence-electron chi connectivity index (χ2n) is 7.58. The van der Waals surface area contributed by atoms with Crippen molar-refractivity contribution >= 4 is 15.9 Å². The number of nitrogens with zero attached hydrogens (tertiary/aromatic N) is 2. The monoisotopic (exact) mass is 470 g/mol. The molecule has 0 N–H and O–H groups in total. The van der Waals surface area contributed by atoms with Crippen LogP contribution in [0.15, 0.2) is 41.3 Å². The predicted octanol–water partition coefficient (Wildman–Crippen LogP) is 3.49. The lowest BCUT2D eigenvalue weighted by Gasteiger charge is -2.34. The van der Waals surface area contributed by atoms with E-state index in [9.17, 15) is 26.4 Å². The molecule has 0 unspecified atom stereocenters. The van der Waals surface area contributed by atoms with Crippen molar-refractivity contribution in [3.63, 3.8) is 0 Å². The minimum Gasteiger partial charge on any atom is -0.494 e. The molecular formula is C22H25F3N2O4S. The van der Waals surface area contributed by atoms with Gasteiger partial charge in [0.2, 0.25) is 15.9 Å². The number of rotatable bonds is 8. The summed E-state index contributed by atoms with van der Waals surface area (Å²) in [6, 6.07) is 8.98. The van der Waals surface area contributed by atoms with Gasteiger partial charge in [0.1, 0.15) is 10.6 Å². The Morgan fingerprint density at radius 2 is 1.72 bits per heavy atom. The standard InChI is InChI=1S/C22H25F3N2O4S/c1-16-5-4-6-17(15-16)31-14-3-2-7-20(28)26-10-12-27(13-11-26)32(29,30)19-9-8-18(23)21(24)22(19)25/h4-6,8-9,15H,2-3,7,10-14H2,1H3. The number of carbonyl (C=O) groups excluding carboxylic acids is 1. The fraction of sp³-hybridized carbons (Fsp3) is 0.409. The molecule has 0 atom stereocenters. The third kappa shape index (κ3) is 5.60. The summed E-state index contributed by atoms with van der Waals surface area (Å²) in [6.07, 6.45) is 1.63. The molecule has 1 amide bonds. The van der Waals surface area contributed by atoms with Crippen molar-refractivity contribution < 1.29 is 31.1 Å². The first-order valence-corrected chi connectivity index (χ1v) is 11.7. The van der Waals surface area contributed by atoms with Crippen LogP contribution in [-0.4, -0.2) is 56.3 Å². The van der Waals surface area contributed by atoms with E-state index in [4.69, 9.17) is 4.74 Å². The van der Waals surface area contributed by atoms with Gasteiger partial charge < -0.3 is 9.64 Å². The Kier molecular flexibility index (Phi) is 7.78. The Labute approximate surface area is 185 Å². The van der Waals surface area contributed by atoms with Gasteiger partial charge in [0.25, 0.3) is 0 Å². The molecule has 0 bridgehead atoms. The molecule has 0 radical (unpaired) electrons. The number of benzene rings is 2. The van der Waals surface area contributed by atoms with Crippen molar-refractivity contribution in [1.82, 2.24) is 9.21 Å². The Morgan fingerprint density at radius 3 is 2.41 bits per heavy atom. The second kappa shape index (κ2) is 10.4. The summed E-state index contributed by atoms with van der Waals surface area (Å²) in [6.45, 7) is 2.64. The van der Waals surface area contributed by atoms with Crippen LogP contribution in [0.1, 0.15) is 24.8 Å². The van der Waals surface area contributed by atoms with Crippen LogP contribution >= 0.6 is 0 Å². The quantitative estimate of drug-likeness (QED) is 0.438. The number of ether oxygens (including phenoxy) is 1. The van der Waals surface area contributed by atoms with Crippen LogP contribution in [0.25, 0.3) is 0 Å². The van der Waals surface area contributed by atoms with Crippen molar-refractivity contribution in [2.75, 3.05) is 32.8 Å². The summed E-state index contributed by atoms with van der Waals surface area (Å²) in [5.74, 6) is -4.34. The second-order valence-corrected chi connectivity index (χ2v) is 9.49. The maximum absolute atomic E-state index is 14.0. The van der Waals surface area contributed by atoms with E-state index in [1.807, 2.05) is 31.2 Å². The molecule has 174 valence electrons. The Balaban J connectivity index is 1.44. The topological polar surface area (TPSA) is 66.9 Å². The molecule has 32 heavy (non-hydrogen) atoms. The average molecular weight is 471 g/mol. The van der Waals surface area contributed by atoms with Crippen LogP contribution in [0.5, 0.6) is 5.75 Å². The number of hydrogen-bond donors (Lipinski definition) is 0. The van der Waals surface area contributed by atoms with Gasteiger partial charge in [-0.3, -0.25) is 4.79 Å². The Bertz CT molecular complexity index is 1070. The molecule has 0 saturated carbocycles. The molecular weight excluding hydrogens is 445 g/mol. The smallest absolute Gasteiger partial charge is 0.246 e. The summed E-state index contributed by atoms with van der Waals surface area (Å²) in [5, 5.41) is 0. The van der Waals surface area contributed by atoms with Gasteiger partial charge in [0, 0.05) is 32.6 Å². The fourth-order valence-corrected chi connectivity index (χ4v) is 4.93. The molecule has 1 aliphatic rings. The molecule has 1 saturated heterocycles. The molecule has 6 nitrogen and oxygen atoms in total. The molecule has 10 heteroatoms. The first-order valence-electron chi connectivity index (χ1n) is 10.3. The van der Waals surface area contributed by atoms with E-state index in [2.05, 4.69) is 0 Å². The van der Waals surface area contributed by atoms with Crippen LogP contribution < -0.4 is 4.74 Å². The van der Waals surface area contributed by atoms with Gasteiger partial charge in [-0.15, -0.1) is 0 Å². The van der Waals surface area contributed by atoms with Crippen LogP contribution in [0.2, 0.25) is 0 Å². The largest absolute Gasteiger partial charge is 0.494 e. The first kappa shape index (κ1) is 24.1. The highest BCUT2D eigenvalue weighted by atomic mass is 32.2. The van der Waals surface area contributed by atoms with Crippen LogP contribution in [0.4, 0.5) is 13.2 Å². The van der Waals surface area contributed by atoms with E-state index in [0.717, 1.165) is 15.6 Å². The van der Waals surface area contributed by atoms with E-state index in [0.29, 0.717) is 38.0 Å². The number of aryl methyl sites for hydroxylation is 1. The third-order valence-corrected chi connectivity index (χ3v) is 7.17. The summed E-state index contributed by atoms with van der Waals surface area (Å²) in [7, 11) is -4.34. The Morgan fingerprint density at radius 1 is 1.00 bits per heavy atom. The highest BCUT2D eigenvalue weighted by Gasteiger charge is 2.33. The van der Waals surface area contributed by atoms with E-state index in [-0.39, 0.29) is 32.1 Å². The molecule has 1 heterocycles. The van der Waals surface area contributed by atoms with Crippen molar-refractivity contribution in [1.29, 1.82) is 0 Å². The molecule has 0 aromatic heterocycles. The highest BCUT2D eigenvalue weighted by molar-refractivity contribution is 7.89. The van der Waals surface area contributed by atoms with Crippen molar-refractivity contribution in [3.8, 4) is 5.75 Å². The minimum absolute atomic E-state index is 0.0526. The molecule has 0 spiro atoms. The van der Waals surface area contributed by atoms with Crippen molar-refractivity contribution in [2.45, 2.75) is 31.1 Å². The molecule has 0 aliphatic carbocycles. The number of unbranched alkanes of at least 4 members (excludes halogenated alkanes) is 1. The van der Waals surface area contributed by atoms with Crippen molar-refractivity contribution in [2.24, 2.45) is 0 Å². The van der Waals surface area contributed by atoms with Gasteiger partial charge in [-0.05, 0) is 49.6 Å². The predicted molar refractivity (Wildman–Crippen MR) is 112 cm³/mol. The Hall–Kier alpha value is -2.59. The van der Waals surface area contributed by atoms with Crippen molar-refractivity contribution in [3.05, 3.63) is 59.4 Å². The van der Waals surface area contributed by atoms with E-state index in [1.165, 1.54) is 0 Å². The lowest BCUT2D eigenvalue weighted by molar-refractivity contribution is -0.132. The first-order chi connectivity index (χ1) is 15.2.